The van der Waals surface area contributed by atoms with E-state index in [0.717, 1.165) is 6.42 Å². The smallest absolute Gasteiger partial charge is 0.251 e. The largest absolute Gasteiger partial charge is 0.493 e. The number of amides is 1. The normalized spacial score (nSPS) is 10.6. The molecule has 1 amide bonds. The Morgan fingerprint density at radius 3 is 2.74 bits per heavy atom. The zero-order chi connectivity index (χ0) is 16.7. The van der Waals surface area contributed by atoms with Crippen molar-refractivity contribution in [2.75, 3.05) is 20.3 Å². The number of thiophene rings is 1. The van der Waals surface area contributed by atoms with Crippen molar-refractivity contribution in [2.45, 2.75) is 20.3 Å². The third kappa shape index (κ3) is 5.28. The van der Waals surface area contributed by atoms with Crippen molar-refractivity contribution in [1.29, 1.82) is 0 Å². The monoisotopic (exact) mass is 333 g/mol. The van der Waals surface area contributed by atoms with Gasteiger partial charge in [0.15, 0.2) is 11.5 Å². The third-order valence-electron chi connectivity index (χ3n) is 3.24. The van der Waals surface area contributed by atoms with E-state index in [1.54, 1.807) is 36.6 Å². The highest BCUT2D eigenvalue weighted by Crippen LogP contribution is 2.28. The molecule has 5 heteroatoms. The molecule has 0 aliphatic heterocycles. The fourth-order valence-electron chi connectivity index (χ4n) is 2.04. The van der Waals surface area contributed by atoms with Crippen LogP contribution < -0.4 is 14.8 Å². The van der Waals surface area contributed by atoms with E-state index in [1.807, 2.05) is 11.4 Å². The highest BCUT2D eigenvalue weighted by atomic mass is 32.1. The van der Waals surface area contributed by atoms with Crippen LogP contribution in [-0.2, 0) is 6.42 Å². The number of hydrogen-bond donors (Lipinski definition) is 1. The van der Waals surface area contributed by atoms with Crippen molar-refractivity contribution in [3.63, 3.8) is 0 Å². The van der Waals surface area contributed by atoms with Gasteiger partial charge in [-0.15, -0.1) is 11.3 Å². The highest BCUT2D eigenvalue weighted by molar-refractivity contribution is 7.09. The molecule has 0 saturated heterocycles. The molecule has 1 N–H and O–H groups in total. The molecule has 0 radical (unpaired) electrons. The number of rotatable bonds is 8. The van der Waals surface area contributed by atoms with Crippen molar-refractivity contribution < 1.29 is 14.3 Å². The minimum atomic E-state index is -0.102. The molecule has 1 heterocycles. The van der Waals surface area contributed by atoms with Gasteiger partial charge < -0.3 is 14.8 Å². The zero-order valence-electron chi connectivity index (χ0n) is 13.8. The summed E-state index contributed by atoms with van der Waals surface area (Å²) in [4.78, 5) is 13.5. The lowest BCUT2D eigenvalue weighted by Crippen LogP contribution is -2.25. The molecule has 1 aromatic carbocycles. The molecule has 2 aromatic rings. The molecule has 2 rings (SSSR count). The molecule has 0 unspecified atom stereocenters. The van der Waals surface area contributed by atoms with Gasteiger partial charge in [0, 0.05) is 17.0 Å². The number of nitrogens with one attached hydrogen (secondary N) is 1. The first-order chi connectivity index (χ1) is 11.1. The summed E-state index contributed by atoms with van der Waals surface area (Å²) >= 11 is 1.70. The second-order valence-corrected chi connectivity index (χ2v) is 6.69. The molecule has 1 aromatic heterocycles. The second kappa shape index (κ2) is 8.58. The van der Waals surface area contributed by atoms with Gasteiger partial charge in [-0.2, -0.15) is 0 Å². The topological polar surface area (TPSA) is 47.6 Å². The first-order valence-electron chi connectivity index (χ1n) is 7.71. The Bertz CT molecular complexity index is 623. The SMILES string of the molecule is COc1cc(C(=O)NCCc2cccs2)ccc1OCC(C)C. The van der Waals surface area contributed by atoms with E-state index in [1.165, 1.54) is 4.88 Å². The van der Waals surface area contributed by atoms with E-state index >= 15 is 0 Å². The molecule has 0 spiro atoms. The number of carbonyl (C=O) groups is 1. The van der Waals surface area contributed by atoms with Gasteiger partial charge in [0.2, 0.25) is 0 Å². The Balaban J connectivity index is 1.94. The van der Waals surface area contributed by atoms with Crippen LogP contribution in [0.15, 0.2) is 35.7 Å². The van der Waals surface area contributed by atoms with E-state index in [4.69, 9.17) is 9.47 Å². The standard InChI is InChI=1S/C18H23NO3S/c1-13(2)12-22-16-7-6-14(11-17(16)21-3)18(20)19-9-8-15-5-4-10-23-15/h4-7,10-11,13H,8-9,12H2,1-3H3,(H,19,20). The summed E-state index contributed by atoms with van der Waals surface area (Å²) in [5.74, 6) is 1.57. The average molecular weight is 333 g/mol. The van der Waals surface area contributed by atoms with Gasteiger partial charge in [0.05, 0.1) is 13.7 Å². The number of hydrogen-bond acceptors (Lipinski definition) is 4. The summed E-state index contributed by atoms with van der Waals surface area (Å²) in [7, 11) is 1.58. The summed E-state index contributed by atoms with van der Waals surface area (Å²) in [6.07, 6.45) is 0.843. The summed E-state index contributed by atoms with van der Waals surface area (Å²) in [6, 6.07) is 9.35. The Labute approximate surface area is 141 Å². The van der Waals surface area contributed by atoms with Crippen LogP contribution in [0, 0.1) is 5.92 Å². The lowest BCUT2D eigenvalue weighted by Gasteiger charge is -2.13. The number of methoxy groups -OCH3 is 1. The van der Waals surface area contributed by atoms with E-state index < -0.39 is 0 Å². The molecule has 124 valence electrons. The number of ether oxygens (including phenoxy) is 2. The van der Waals surface area contributed by atoms with Gasteiger partial charge in [0.25, 0.3) is 5.91 Å². The lowest BCUT2D eigenvalue weighted by atomic mass is 10.2. The van der Waals surface area contributed by atoms with Gasteiger partial charge >= 0.3 is 0 Å². The fraction of sp³-hybridized carbons (Fsp3) is 0.389. The van der Waals surface area contributed by atoms with Crippen molar-refractivity contribution in [2.24, 2.45) is 5.92 Å². The molecule has 0 atom stereocenters. The molecule has 0 aliphatic carbocycles. The van der Waals surface area contributed by atoms with Crippen LogP contribution in [0.3, 0.4) is 0 Å². The van der Waals surface area contributed by atoms with Crippen LogP contribution in [0.2, 0.25) is 0 Å². The van der Waals surface area contributed by atoms with E-state index in [2.05, 4.69) is 25.2 Å². The van der Waals surface area contributed by atoms with Crippen molar-refractivity contribution in [1.82, 2.24) is 5.32 Å². The van der Waals surface area contributed by atoms with E-state index in [9.17, 15) is 4.79 Å². The predicted octanol–water partition coefficient (Wildman–Crippen LogP) is 3.76. The summed E-state index contributed by atoms with van der Waals surface area (Å²) in [5.41, 5.74) is 0.574. The van der Waals surface area contributed by atoms with Gasteiger partial charge in [-0.05, 0) is 42.0 Å². The van der Waals surface area contributed by atoms with Crippen molar-refractivity contribution in [3.8, 4) is 11.5 Å². The average Bonchev–Trinajstić information content (AvgIpc) is 3.05. The van der Waals surface area contributed by atoms with Gasteiger partial charge in [-0.25, -0.2) is 0 Å². The van der Waals surface area contributed by atoms with Crippen LogP contribution in [0.5, 0.6) is 11.5 Å². The Morgan fingerprint density at radius 1 is 1.26 bits per heavy atom. The molecule has 4 nitrogen and oxygen atoms in total. The van der Waals surface area contributed by atoms with Crippen molar-refractivity contribution >= 4 is 17.2 Å². The Morgan fingerprint density at radius 2 is 2.09 bits per heavy atom. The predicted molar refractivity (Wildman–Crippen MR) is 93.7 cm³/mol. The molecule has 23 heavy (non-hydrogen) atoms. The number of carbonyl (C=O) groups excluding carboxylic acids is 1. The Kier molecular flexibility index (Phi) is 6.47. The maximum absolute atomic E-state index is 12.2. The first-order valence-corrected chi connectivity index (χ1v) is 8.59. The number of benzene rings is 1. The minimum absolute atomic E-state index is 0.102. The van der Waals surface area contributed by atoms with Crippen molar-refractivity contribution in [3.05, 3.63) is 46.2 Å². The first kappa shape index (κ1) is 17.3. The summed E-state index contributed by atoms with van der Waals surface area (Å²) in [5, 5.41) is 4.97. The van der Waals surface area contributed by atoms with Gasteiger partial charge in [-0.3, -0.25) is 4.79 Å². The molecular weight excluding hydrogens is 310 g/mol. The van der Waals surface area contributed by atoms with E-state index in [0.29, 0.717) is 36.1 Å². The lowest BCUT2D eigenvalue weighted by molar-refractivity contribution is 0.0953. The van der Waals surface area contributed by atoms with E-state index in [-0.39, 0.29) is 5.91 Å². The fourth-order valence-corrected chi connectivity index (χ4v) is 2.75. The molecule has 0 aliphatic rings. The van der Waals surface area contributed by atoms with Crippen LogP contribution >= 0.6 is 11.3 Å². The maximum atomic E-state index is 12.2. The molecular formula is C18H23NO3S. The summed E-state index contributed by atoms with van der Waals surface area (Å²) < 4.78 is 11.0. The molecule has 0 bridgehead atoms. The summed E-state index contributed by atoms with van der Waals surface area (Å²) in [6.45, 7) is 5.40. The third-order valence-corrected chi connectivity index (χ3v) is 4.17. The maximum Gasteiger partial charge on any atom is 0.251 e. The van der Waals surface area contributed by atoms with Crippen LogP contribution in [0.1, 0.15) is 29.1 Å². The van der Waals surface area contributed by atoms with Gasteiger partial charge in [0.1, 0.15) is 0 Å². The molecule has 0 saturated carbocycles. The second-order valence-electron chi connectivity index (χ2n) is 5.66. The van der Waals surface area contributed by atoms with Crippen LogP contribution in [0.4, 0.5) is 0 Å². The van der Waals surface area contributed by atoms with Crippen LogP contribution in [0.25, 0.3) is 0 Å². The molecule has 0 fully saturated rings. The van der Waals surface area contributed by atoms with Crippen LogP contribution in [-0.4, -0.2) is 26.2 Å². The van der Waals surface area contributed by atoms with Gasteiger partial charge in [-0.1, -0.05) is 19.9 Å². The Hall–Kier alpha value is -2.01. The minimum Gasteiger partial charge on any atom is -0.493 e. The zero-order valence-corrected chi connectivity index (χ0v) is 14.6. The quantitative estimate of drug-likeness (QED) is 0.800. The highest BCUT2D eigenvalue weighted by Gasteiger charge is 2.11.